The number of nitrogens with zero attached hydrogens (tertiary/aromatic N) is 2. The number of rotatable bonds is 3. The summed E-state index contributed by atoms with van der Waals surface area (Å²) < 4.78 is 14.4. The van der Waals surface area contributed by atoms with E-state index >= 15 is 0 Å². The Labute approximate surface area is 133 Å². The monoisotopic (exact) mass is 351 g/mol. The summed E-state index contributed by atoms with van der Waals surface area (Å²) in [7, 11) is 2.23. The first-order valence-corrected chi connectivity index (χ1v) is 8.23. The lowest BCUT2D eigenvalue weighted by Gasteiger charge is -2.36. The number of halogens is 2. The van der Waals surface area contributed by atoms with Crippen LogP contribution in [0.25, 0.3) is 0 Å². The zero-order valence-electron chi connectivity index (χ0n) is 12.1. The molecule has 2 aliphatic rings. The maximum Gasteiger partial charge on any atom is 0.161 e. The average Bonchev–Trinajstić information content (AvgIpc) is 2.71. The molecule has 3 rings (SSSR count). The van der Waals surface area contributed by atoms with E-state index in [1.165, 1.54) is 25.7 Å². The standard InChI is InChI=1S/C16H19BrFN3/c1-21-12-3-4-13(21)7-10(6-12)9-20-14-5-2-11(8-19)15(17)16(14)18/h2,5,10,12-13,20H,3-4,6-7,9H2,1H3. The Kier molecular flexibility index (Phi) is 4.19. The highest BCUT2D eigenvalue weighted by molar-refractivity contribution is 9.10. The summed E-state index contributed by atoms with van der Waals surface area (Å²) in [4.78, 5) is 2.51. The molecule has 1 N–H and O–H groups in total. The van der Waals surface area contributed by atoms with Gasteiger partial charge in [0.05, 0.1) is 15.7 Å². The lowest BCUT2D eigenvalue weighted by atomic mass is 9.91. The Bertz CT molecular complexity index is 570. The van der Waals surface area contributed by atoms with Gasteiger partial charge in [-0.05, 0) is 66.7 Å². The van der Waals surface area contributed by atoms with Crippen molar-refractivity contribution in [2.45, 2.75) is 37.8 Å². The summed E-state index contributed by atoms with van der Waals surface area (Å²) in [5.74, 6) is 0.234. The molecule has 0 aromatic heterocycles. The van der Waals surface area contributed by atoms with E-state index in [4.69, 9.17) is 5.26 Å². The van der Waals surface area contributed by atoms with E-state index in [0.717, 1.165) is 6.54 Å². The predicted octanol–water partition coefficient (Wildman–Crippen LogP) is 3.74. The maximum atomic E-state index is 14.2. The van der Waals surface area contributed by atoms with Crippen LogP contribution in [0, 0.1) is 23.1 Å². The van der Waals surface area contributed by atoms with Gasteiger partial charge in [0.1, 0.15) is 6.07 Å². The van der Waals surface area contributed by atoms with Gasteiger partial charge in [0.15, 0.2) is 5.82 Å². The van der Waals surface area contributed by atoms with E-state index in [-0.39, 0.29) is 10.3 Å². The smallest absolute Gasteiger partial charge is 0.161 e. The van der Waals surface area contributed by atoms with Crippen molar-refractivity contribution in [1.82, 2.24) is 4.90 Å². The van der Waals surface area contributed by atoms with Crippen LogP contribution in [0.3, 0.4) is 0 Å². The summed E-state index contributed by atoms with van der Waals surface area (Å²) >= 11 is 3.15. The second-order valence-corrected chi connectivity index (χ2v) is 6.96. The molecule has 2 saturated heterocycles. The number of nitriles is 1. The minimum absolute atomic E-state index is 0.249. The maximum absolute atomic E-state index is 14.2. The highest BCUT2D eigenvalue weighted by atomic mass is 79.9. The van der Waals surface area contributed by atoms with Crippen molar-refractivity contribution in [1.29, 1.82) is 5.26 Å². The minimum Gasteiger partial charge on any atom is -0.382 e. The molecule has 2 bridgehead atoms. The van der Waals surface area contributed by atoms with Crippen molar-refractivity contribution >= 4 is 21.6 Å². The quantitative estimate of drug-likeness (QED) is 0.901. The molecular weight excluding hydrogens is 333 g/mol. The molecule has 1 aromatic carbocycles. The van der Waals surface area contributed by atoms with Gasteiger partial charge >= 0.3 is 0 Å². The molecule has 2 fully saturated rings. The highest BCUT2D eigenvalue weighted by Gasteiger charge is 2.38. The lowest BCUT2D eigenvalue weighted by molar-refractivity contribution is 0.139. The van der Waals surface area contributed by atoms with Crippen LogP contribution < -0.4 is 5.32 Å². The van der Waals surface area contributed by atoms with Gasteiger partial charge in [-0.2, -0.15) is 5.26 Å². The Balaban J connectivity index is 1.64. The number of hydrogen-bond acceptors (Lipinski definition) is 3. The van der Waals surface area contributed by atoms with Gasteiger partial charge in [0.2, 0.25) is 0 Å². The predicted molar refractivity (Wildman–Crippen MR) is 84.6 cm³/mol. The Morgan fingerprint density at radius 1 is 1.38 bits per heavy atom. The molecule has 2 atom stereocenters. The van der Waals surface area contributed by atoms with Gasteiger partial charge in [-0.15, -0.1) is 0 Å². The van der Waals surface area contributed by atoms with Gasteiger partial charge < -0.3 is 10.2 Å². The number of nitrogens with one attached hydrogen (secondary N) is 1. The highest BCUT2D eigenvalue weighted by Crippen LogP contribution is 2.37. The van der Waals surface area contributed by atoms with Crippen LogP contribution in [0.4, 0.5) is 10.1 Å². The van der Waals surface area contributed by atoms with E-state index in [0.29, 0.717) is 29.3 Å². The van der Waals surface area contributed by atoms with Crippen LogP contribution in [-0.2, 0) is 0 Å². The van der Waals surface area contributed by atoms with Crippen LogP contribution in [0.5, 0.6) is 0 Å². The van der Waals surface area contributed by atoms with Crippen molar-refractivity contribution < 1.29 is 4.39 Å². The number of fused-ring (bicyclic) bond motifs is 2. The molecule has 0 saturated carbocycles. The summed E-state index contributed by atoms with van der Waals surface area (Å²) in [5.41, 5.74) is 0.808. The van der Waals surface area contributed by atoms with Gasteiger partial charge in [-0.3, -0.25) is 0 Å². The minimum atomic E-state index is -0.370. The summed E-state index contributed by atoms with van der Waals surface area (Å²) in [6.07, 6.45) is 4.99. The molecule has 1 aromatic rings. The zero-order chi connectivity index (χ0) is 15.0. The molecule has 2 unspecified atom stereocenters. The van der Waals surface area contributed by atoms with E-state index in [9.17, 15) is 4.39 Å². The summed E-state index contributed by atoms with van der Waals surface area (Å²) in [5, 5.41) is 12.1. The molecule has 3 nitrogen and oxygen atoms in total. The van der Waals surface area contributed by atoms with Crippen molar-refractivity contribution in [3.63, 3.8) is 0 Å². The fraction of sp³-hybridized carbons (Fsp3) is 0.562. The number of piperidine rings is 1. The molecule has 21 heavy (non-hydrogen) atoms. The SMILES string of the molecule is CN1C2CCC1CC(CNc1ccc(C#N)c(Br)c1F)C2. The van der Waals surface area contributed by atoms with Crippen LogP contribution >= 0.6 is 15.9 Å². The zero-order valence-corrected chi connectivity index (χ0v) is 13.7. The third-order valence-electron chi connectivity index (χ3n) is 4.98. The molecule has 0 aliphatic carbocycles. The van der Waals surface area contributed by atoms with E-state index in [1.54, 1.807) is 12.1 Å². The van der Waals surface area contributed by atoms with E-state index < -0.39 is 0 Å². The summed E-state index contributed by atoms with van der Waals surface area (Å²) in [6.45, 7) is 0.802. The molecule has 0 amide bonds. The van der Waals surface area contributed by atoms with Gasteiger partial charge in [0.25, 0.3) is 0 Å². The topological polar surface area (TPSA) is 39.1 Å². The van der Waals surface area contributed by atoms with Crippen LogP contribution in [0.2, 0.25) is 0 Å². The third kappa shape index (κ3) is 2.79. The largest absolute Gasteiger partial charge is 0.382 e. The van der Waals surface area contributed by atoms with Gasteiger partial charge in [-0.1, -0.05) is 0 Å². The molecule has 0 radical (unpaired) electrons. The van der Waals surface area contributed by atoms with Gasteiger partial charge in [-0.25, -0.2) is 4.39 Å². The molecule has 5 heteroatoms. The van der Waals surface area contributed by atoms with Crippen molar-refractivity contribution in [2.75, 3.05) is 18.9 Å². The number of hydrogen-bond donors (Lipinski definition) is 1. The molecule has 2 heterocycles. The van der Waals surface area contributed by atoms with Crippen LogP contribution in [-0.4, -0.2) is 30.6 Å². The molecule has 2 aliphatic heterocycles. The fourth-order valence-electron chi connectivity index (χ4n) is 3.72. The first-order valence-electron chi connectivity index (χ1n) is 7.44. The van der Waals surface area contributed by atoms with Crippen molar-refractivity contribution in [2.24, 2.45) is 5.92 Å². The van der Waals surface area contributed by atoms with Crippen molar-refractivity contribution in [3.8, 4) is 6.07 Å². The Morgan fingerprint density at radius 2 is 2.05 bits per heavy atom. The van der Waals surface area contributed by atoms with Crippen molar-refractivity contribution in [3.05, 3.63) is 28.0 Å². The Hall–Kier alpha value is -1.12. The average molecular weight is 352 g/mol. The fourth-order valence-corrected chi connectivity index (χ4v) is 4.15. The van der Waals surface area contributed by atoms with E-state index in [2.05, 4.69) is 33.2 Å². The number of anilines is 1. The van der Waals surface area contributed by atoms with E-state index in [1.807, 2.05) is 6.07 Å². The second kappa shape index (κ2) is 5.94. The van der Waals surface area contributed by atoms with Gasteiger partial charge in [0, 0.05) is 18.6 Å². The van der Waals surface area contributed by atoms with Crippen LogP contribution in [0.15, 0.2) is 16.6 Å². The normalized spacial score (nSPS) is 28.4. The molecular formula is C16H19BrFN3. The lowest BCUT2D eigenvalue weighted by Crippen LogP contribution is -2.41. The second-order valence-electron chi connectivity index (χ2n) is 6.17. The first kappa shape index (κ1) is 14.8. The molecule has 112 valence electrons. The van der Waals surface area contributed by atoms with Crippen LogP contribution in [0.1, 0.15) is 31.2 Å². The summed E-state index contributed by atoms with van der Waals surface area (Å²) in [6, 6.07) is 6.68. The molecule has 0 spiro atoms. The number of benzene rings is 1. The first-order chi connectivity index (χ1) is 10.1. The third-order valence-corrected chi connectivity index (χ3v) is 5.76. The Morgan fingerprint density at radius 3 is 2.67 bits per heavy atom.